The summed E-state index contributed by atoms with van der Waals surface area (Å²) in [6.45, 7) is 9.96. The van der Waals surface area contributed by atoms with Crippen LogP contribution in [0.5, 0.6) is 0 Å². The molecule has 2 rings (SSSR count). The summed E-state index contributed by atoms with van der Waals surface area (Å²) in [5.41, 5.74) is 3.50. The number of nitrogens with zero attached hydrogens (tertiary/aromatic N) is 2. The number of hydrogen-bond donors (Lipinski definition) is 2. The van der Waals surface area contributed by atoms with Gasteiger partial charge in [-0.2, -0.15) is 0 Å². The van der Waals surface area contributed by atoms with Crippen molar-refractivity contribution in [2.24, 2.45) is 0 Å². The Balaban J connectivity index is 2.33. The van der Waals surface area contributed by atoms with Crippen LogP contribution in [0.2, 0.25) is 0 Å². The highest BCUT2D eigenvalue weighted by Gasteiger charge is 2.10. The van der Waals surface area contributed by atoms with Crippen LogP contribution >= 0.6 is 0 Å². The average molecular weight is 351 g/mol. The number of fused-ring (bicyclic) bond motifs is 1. The number of aromatic nitrogens is 2. The fourth-order valence-corrected chi connectivity index (χ4v) is 2.81. The van der Waals surface area contributed by atoms with Crippen LogP contribution in [0.3, 0.4) is 0 Å². The van der Waals surface area contributed by atoms with Crippen molar-refractivity contribution in [3.63, 3.8) is 0 Å². The summed E-state index contributed by atoms with van der Waals surface area (Å²) >= 11 is 0. The summed E-state index contributed by atoms with van der Waals surface area (Å²) in [6.07, 6.45) is 9.07. The molecule has 0 aromatic carbocycles. The van der Waals surface area contributed by atoms with Crippen molar-refractivity contribution in [1.82, 2.24) is 9.97 Å². The zero-order valence-electron chi connectivity index (χ0n) is 15.5. The smallest absolute Gasteiger partial charge is 0.212 e. The predicted octanol–water partition coefficient (Wildman–Crippen LogP) is 4.26. The molecule has 0 saturated heterocycles. The minimum Gasteiger partial charge on any atom is -0.388 e. The third-order valence-electron chi connectivity index (χ3n) is 4.19. The van der Waals surface area contributed by atoms with Gasteiger partial charge in [0, 0.05) is 23.2 Å². The Bertz CT molecular complexity index is 869. The van der Waals surface area contributed by atoms with Gasteiger partial charge in [0.15, 0.2) is 0 Å². The Kier molecular flexibility index (Phi) is 6.81. The van der Waals surface area contributed by atoms with E-state index in [0.29, 0.717) is 24.2 Å². The van der Waals surface area contributed by atoms with Crippen LogP contribution in [0.4, 0.5) is 5.82 Å². The standard InChI is InChI=1S/C21H25N3O2/c1-5-7-20(26)15(4)8-14(3)18(6-2)19-9-16-12-23-21(24-13-25)10-17(16)11-22-19/h6,8-13,20,26H,4-5,7H2,1-3H3,(H,23,24,25)/b14-8-,18-6+. The van der Waals surface area contributed by atoms with E-state index in [1.807, 2.05) is 39.0 Å². The summed E-state index contributed by atoms with van der Waals surface area (Å²) in [5, 5.41) is 14.5. The fourth-order valence-electron chi connectivity index (χ4n) is 2.81. The molecule has 2 N–H and O–H groups in total. The van der Waals surface area contributed by atoms with E-state index in [9.17, 15) is 9.90 Å². The van der Waals surface area contributed by atoms with Gasteiger partial charge in [-0.25, -0.2) is 4.98 Å². The Morgan fingerprint density at radius 3 is 2.65 bits per heavy atom. The Morgan fingerprint density at radius 1 is 1.31 bits per heavy atom. The highest BCUT2D eigenvalue weighted by molar-refractivity contribution is 5.89. The van der Waals surface area contributed by atoms with Gasteiger partial charge in [0.2, 0.25) is 6.41 Å². The number of nitrogens with one attached hydrogen (secondary N) is 1. The summed E-state index contributed by atoms with van der Waals surface area (Å²) < 4.78 is 0. The van der Waals surface area contributed by atoms with Crippen molar-refractivity contribution in [2.45, 2.75) is 39.7 Å². The second-order valence-electron chi connectivity index (χ2n) is 6.16. The van der Waals surface area contributed by atoms with Gasteiger partial charge in [-0.1, -0.05) is 32.1 Å². The van der Waals surface area contributed by atoms with Crippen LogP contribution in [-0.2, 0) is 4.79 Å². The van der Waals surface area contributed by atoms with Crippen LogP contribution in [-0.4, -0.2) is 27.6 Å². The van der Waals surface area contributed by atoms with E-state index in [1.54, 1.807) is 18.5 Å². The number of anilines is 1. The van der Waals surface area contributed by atoms with Gasteiger partial charge in [-0.05, 0) is 49.1 Å². The third-order valence-corrected chi connectivity index (χ3v) is 4.19. The highest BCUT2D eigenvalue weighted by Crippen LogP contribution is 2.26. The molecule has 0 spiro atoms. The molecule has 2 aromatic rings. The SMILES string of the molecule is C=C(/C=C(C)\C(=C/C)c1cc2cnc(NC=O)cc2cn1)C(O)CCC. The van der Waals surface area contributed by atoms with Crippen LogP contribution in [0.25, 0.3) is 16.3 Å². The van der Waals surface area contributed by atoms with Crippen LogP contribution in [0.15, 0.2) is 54.4 Å². The molecule has 1 amide bonds. The number of rotatable bonds is 8. The molecule has 0 aliphatic rings. The molecule has 2 heterocycles. The van der Waals surface area contributed by atoms with Crippen molar-refractivity contribution >= 4 is 28.6 Å². The number of carbonyl (C=O) groups is 1. The summed E-state index contributed by atoms with van der Waals surface area (Å²) in [6, 6.07) is 3.74. The molecule has 5 nitrogen and oxygen atoms in total. The minimum absolute atomic E-state index is 0.491. The van der Waals surface area contributed by atoms with Crippen molar-refractivity contribution < 1.29 is 9.90 Å². The zero-order valence-corrected chi connectivity index (χ0v) is 15.5. The molecule has 136 valence electrons. The molecule has 0 radical (unpaired) electrons. The number of aliphatic hydroxyl groups is 1. The van der Waals surface area contributed by atoms with Gasteiger partial charge >= 0.3 is 0 Å². The molecule has 2 aromatic heterocycles. The lowest BCUT2D eigenvalue weighted by Gasteiger charge is -2.13. The summed E-state index contributed by atoms with van der Waals surface area (Å²) in [7, 11) is 0. The number of carbonyl (C=O) groups excluding carboxylic acids is 1. The molecule has 0 bridgehead atoms. The molecule has 26 heavy (non-hydrogen) atoms. The Labute approximate surface area is 154 Å². The van der Waals surface area contributed by atoms with Gasteiger partial charge in [-0.15, -0.1) is 0 Å². The van der Waals surface area contributed by atoms with E-state index in [2.05, 4.69) is 21.9 Å². The number of pyridine rings is 2. The molecule has 1 unspecified atom stereocenters. The first kappa shape index (κ1) is 19.5. The highest BCUT2D eigenvalue weighted by atomic mass is 16.3. The molecular formula is C21H25N3O2. The molecule has 0 fully saturated rings. The maximum Gasteiger partial charge on any atom is 0.212 e. The van der Waals surface area contributed by atoms with Gasteiger partial charge in [0.1, 0.15) is 5.82 Å². The normalized spacial score (nSPS) is 13.5. The molecule has 0 saturated carbocycles. The molecule has 5 heteroatoms. The number of hydrogen-bond acceptors (Lipinski definition) is 4. The molecule has 1 atom stereocenters. The third kappa shape index (κ3) is 4.64. The van der Waals surface area contributed by atoms with Gasteiger partial charge in [0.05, 0.1) is 11.8 Å². The number of aliphatic hydroxyl groups excluding tert-OH is 1. The van der Waals surface area contributed by atoms with Crippen molar-refractivity contribution in [3.8, 4) is 0 Å². The fraction of sp³-hybridized carbons (Fsp3) is 0.286. The number of allylic oxidation sites excluding steroid dienone is 3. The lowest BCUT2D eigenvalue weighted by Crippen LogP contribution is -2.07. The van der Waals surface area contributed by atoms with Crippen molar-refractivity contribution in [1.29, 1.82) is 0 Å². The first-order chi connectivity index (χ1) is 12.5. The predicted molar refractivity (Wildman–Crippen MR) is 107 cm³/mol. The topological polar surface area (TPSA) is 75.1 Å². The lowest BCUT2D eigenvalue weighted by molar-refractivity contribution is -0.105. The van der Waals surface area contributed by atoms with Gasteiger partial charge in [0.25, 0.3) is 0 Å². The maximum absolute atomic E-state index is 10.5. The summed E-state index contributed by atoms with van der Waals surface area (Å²) in [4.78, 5) is 19.3. The minimum atomic E-state index is -0.523. The van der Waals surface area contributed by atoms with E-state index < -0.39 is 6.10 Å². The Hall–Kier alpha value is -2.79. The second-order valence-corrected chi connectivity index (χ2v) is 6.16. The monoisotopic (exact) mass is 351 g/mol. The van der Waals surface area contributed by atoms with Crippen LogP contribution in [0, 0.1) is 0 Å². The average Bonchev–Trinajstić information content (AvgIpc) is 2.62. The van der Waals surface area contributed by atoms with E-state index in [0.717, 1.165) is 34.0 Å². The van der Waals surface area contributed by atoms with Crippen molar-refractivity contribution in [2.75, 3.05) is 5.32 Å². The number of amides is 1. The molecule has 0 aliphatic carbocycles. The van der Waals surface area contributed by atoms with Gasteiger partial charge < -0.3 is 10.4 Å². The molecular weight excluding hydrogens is 326 g/mol. The second kappa shape index (κ2) is 9.06. The zero-order chi connectivity index (χ0) is 19.1. The first-order valence-corrected chi connectivity index (χ1v) is 8.68. The van der Waals surface area contributed by atoms with Crippen LogP contribution < -0.4 is 5.32 Å². The van der Waals surface area contributed by atoms with Gasteiger partial charge in [-0.3, -0.25) is 9.78 Å². The van der Waals surface area contributed by atoms with E-state index in [1.165, 1.54) is 0 Å². The van der Waals surface area contributed by atoms with Crippen molar-refractivity contribution in [3.05, 3.63) is 60.1 Å². The Morgan fingerprint density at radius 2 is 2.00 bits per heavy atom. The largest absolute Gasteiger partial charge is 0.388 e. The van der Waals surface area contributed by atoms with Crippen LogP contribution in [0.1, 0.15) is 39.3 Å². The lowest BCUT2D eigenvalue weighted by atomic mass is 9.97. The first-order valence-electron chi connectivity index (χ1n) is 8.68. The summed E-state index contributed by atoms with van der Waals surface area (Å²) in [5.74, 6) is 0.491. The van der Waals surface area contributed by atoms with E-state index >= 15 is 0 Å². The van der Waals surface area contributed by atoms with E-state index in [4.69, 9.17) is 0 Å². The maximum atomic E-state index is 10.5. The quantitative estimate of drug-likeness (QED) is 0.550. The van der Waals surface area contributed by atoms with E-state index in [-0.39, 0.29) is 0 Å². The molecule has 0 aliphatic heterocycles.